The second-order valence-corrected chi connectivity index (χ2v) is 6.57. The highest BCUT2D eigenvalue weighted by Gasteiger charge is 2.26. The molecule has 0 aromatic heterocycles. The number of rotatable bonds is 1. The first kappa shape index (κ1) is 14.9. The van der Waals surface area contributed by atoms with Gasteiger partial charge in [-0.25, -0.2) is 0 Å². The summed E-state index contributed by atoms with van der Waals surface area (Å²) in [5.74, 6) is -0.209. The van der Waals surface area contributed by atoms with Crippen LogP contribution in [0.3, 0.4) is 0 Å². The standard InChI is InChI=1S/C14H13Cl2N3OS/c15-10-2-1-9(11(16)8-10)7-12-13(20)18-14(21-12)19-5-3-17-4-6-19/h1-2,7-8,17H,3-6H2. The van der Waals surface area contributed by atoms with Gasteiger partial charge in [0.25, 0.3) is 5.91 Å². The number of benzene rings is 1. The fraction of sp³-hybridized carbons (Fsp3) is 0.286. The predicted molar refractivity (Wildman–Crippen MR) is 88.9 cm³/mol. The van der Waals surface area contributed by atoms with Gasteiger partial charge >= 0.3 is 0 Å². The molecule has 0 atom stereocenters. The van der Waals surface area contributed by atoms with Crippen LogP contribution in [0.4, 0.5) is 0 Å². The van der Waals surface area contributed by atoms with Crippen molar-refractivity contribution in [3.05, 3.63) is 38.7 Å². The van der Waals surface area contributed by atoms with E-state index in [1.807, 2.05) is 0 Å². The summed E-state index contributed by atoms with van der Waals surface area (Å²) in [4.78, 5) is 18.9. The number of thioether (sulfide) groups is 1. The normalized spacial score (nSPS) is 21.0. The van der Waals surface area contributed by atoms with Crippen molar-refractivity contribution in [1.82, 2.24) is 10.2 Å². The number of carbonyl (C=O) groups excluding carboxylic acids is 1. The van der Waals surface area contributed by atoms with Gasteiger partial charge in [0.2, 0.25) is 0 Å². The molecule has 0 radical (unpaired) electrons. The number of aliphatic imine (C=N–C) groups is 1. The molecular formula is C14H13Cl2N3OS. The van der Waals surface area contributed by atoms with Crippen molar-refractivity contribution in [2.45, 2.75) is 0 Å². The van der Waals surface area contributed by atoms with Gasteiger partial charge in [0, 0.05) is 36.2 Å². The van der Waals surface area contributed by atoms with E-state index in [2.05, 4.69) is 15.2 Å². The van der Waals surface area contributed by atoms with Gasteiger partial charge < -0.3 is 10.2 Å². The summed E-state index contributed by atoms with van der Waals surface area (Å²) in [5, 5.41) is 5.15. The number of nitrogens with one attached hydrogen (secondary N) is 1. The lowest BCUT2D eigenvalue weighted by atomic mass is 10.2. The molecule has 110 valence electrons. The maximum absolute atomic E-state index is 12.0. The molecule has 2 heterocycles. The van der Waals surface area contributed by atoms with Gasteiger partial charge in [-0.15, -0.1) is 0 Å². The largest absolute Gasteiger partial charge is 0.348 e. The van der Waals surface area contributed by atoms with Crippen molar-refractivity contribution in [3.63, 3.8) is 0 Å². The first-order valence-electron chi connectivity index (χ1n) is 6.57. The Morgan fingerprint density at radius 1 is 1.29 bits per heavy atom. The third-order valence-corrected chi connectivity index (χ3v) is 4.85. The molecule has 7 heteroatoms. The molecule has 1 aromatic carbocycles. The Balaban J connectivity index is 1.79. The number of piperazine rings is 1. The molecule has 1 N–H and O–H groups in total. The van der Waals surface area contributed by atoms with Crippen molar-refractivity contribution in [2.75, 3.05) is 26.2 Å². The zero-order chi connectivity index (χ0) is 14.8. The molecule has 21 heavy (non-hydrogen) atoms. The highest BCUT2D eigenvalue weighted by molar-refractivity contribution is 8.18. The molecule has 2 aliphatic rings. The number of nitrogens with zero attached hydrogens (tertiary/aromatic N) is 2. The molecule has 1 saturated heterocycles. The third kappa shape index (κ3) is 3.43. The van der Waals surface area contributed by atoms with E-state index in [0.717, 1.165) is 36.9 Å². The molecule has 3 rings (SSSR count). The van der Waals surface area contributed by atoms with Gasteiger partial charge in [0.05, 0.1) is 4.91 Å². The molecule has 0 aliphatic carbocycles. The van der Waals surface area contributed by atoms with E-state index in [1.165, 1.54) is 11.8 Å². The predicted octanol–water partition coefficient (Wildman–Crippen LogP) is 2.87. The summed E-state index contributed by atoms with van der Waals surface area (Å²) in [6, 6.07) is 5.22. The van der Waals surface area contributed by atoms with Crippen LogP contribution in [0.2, 0.25) is 10.0 Å². The van der Waals surface area contributed by atoms with E-state index in [4.69, 9.17) is 23.2 Å². The highest BCUT2D eigenvalue weighted by Crippen LogP contribution is 2.32. The first-order chi connectivity index (χ1) is 10.1. The molecule has 0 spiro atoms. The monoisotopic (exact) mass is 341 g/mol. The summed E-state index contributed by atoms with van der Waals surface area (Å²) >= 11 is 13.4. The molecule has 0 saturated carbocycles. The first-order valence-corrected chi connectivity index (χ1v) is 8.14. The second-order valence-electron chi connectivity index (χ2n) is 4.71. The Morgan fingerprint density at radius 3 is 2.76 bits per heavy atom. The third-order valence-electron chi connectivity index (χ3n) is 3.25. The molecule has 1 aromatic rings. The average Bonchev–Trinajstić information content (AvgIpc) is 2.84. The van der Waals surface area contributed by atoms with Gasteiger partial charge in [-0.1, -0.05) is 29.3 Å². The van der Waals surface area contributed by atoms with Crippen LogP contribution in [0.5, 0.6) is 0 Å². The minimum atomic E-state index is -0.209. The molecule has 1 amide bonds. The molecule has 4 nitrogen and oxygen atoms in total. The molecule has 0 unspecified atom stereocenters. The molecular weight excluding hydrogens is 329 g/mol. The lowest BCUT2D eigenvalue weighted by Gasteiger charge is -2.27. The van der Waals surface area contributed by atoms with Gasteiger partial charge in [-0.2, -0.15) is 4.99 Å². The lowest BCUT2D eigenvalue weighted by molar-refractivity contribution is -0.113. The van der Waals surface area contributed by atoms with E-state index in [1.54, 1.807) is 24.3 Å². The van der Waals surface area contributed by atoms with E-state index in [9.17, 15) is 4.79 Å². The van der Waals surface area contributed by atoms with E-state index in [-0.39, 0.29) is 5.91 Å². The number of halogens is 2. The number of hydrogen-bond donors (Lipinski definition) is 1. The number of amides is 1. The number of amidine groups is 1. The SMILES string of the molecule is O=C1N=C(N2CCNCC2)SC1=Cc1ccc(Cl)cc1Cl. The Labute approximate surface area is 137 Å². The van der Waals surface area contributed by atoms with Crippen molar-refractivity contribution in [2.24, 2.45) is 4.99 Å². The minimum Gasteiger partial charge on any atom is -0.348 e. The van der Waals surface area contributed by atoms with Gasteiger partial charge in [-0.3, -0.25) is 4.79 Å². The summed E-state index contributed by atoms with van der Waals surface area (Å²) in [6.07, 6.45) is 1.77. The summed E-state index contributed by atoms with van der Waals surface area (Å²) in [6.45, 7) is 3.56. The van der Waals surface area contributed by atoms with Crippen LogP contribution in [0.25, 0.3) is 6.08 Å². The van der Waals surface area contributed by atoms with Crippen LogP contribution in [0, 0.1) is 0 Å². The molecule has 1 fully saturated rings. The molecule has 0 bridgehead atoms. The van der Waals surface area contributed by atoms with Gasteiger partial charge in [0.1, 0.15) is 0 Å². The zero-order valence-corrected chi connectivity index (χ0v) is 13.4. The molecule has 2 aliphatic heterocycles. The minimum absolute atomic E-state index is 0.209. The Morgan fingerprint density at radius 2 is 2.05 bits per heavy atom. The van der Waals surface area contributed by atoms with Crippen LogP contribution in [-0.4, -0.2) is 42.2 Å². The zero-order valence-electron chi connectivity index (χ0n) is 11.1. The van der Waals surface area contributed by atoms with Crippen molar-refractivity contribution in [1.29, 1.82) is 0 Å². The van der Waals surface area contributed by atoms with Crippen LogP contribution in [0.1, 0.15) is 5.56 Å². The fourth-order valence-corrected chi connectivity index (χ4v) is 3.57. The number of carbonyl (C=O) groups is 1. The Hall–Kier alpha value is -1.01. The Kier molecular flexibility index (Phi) is 4.54. The topological polar surface area (TPSA) is 44.7 Å². The van der Waals surface area contributed by atoms with Gasteiger partial charge in [0.15, 0.2) is 5.17 Å². The fourth-order valence-electron chi connectivity index (χ4n) is 2.15. The quantitative estimate of drug-likeness (QED) is 0.797. The maximum Gasteiger partial charge on any atom is 0.286 e. The highest BCUT2D eigenvalue weighted by atomic mass is 35.5. The van der Waals surface area contributed by atoms with E-state index in [0.29, 0.717) is 15.0 Å². The summed E-state index contributed by atoms with van der Waals surface area (Å²) in [7, 11) is 0. The van der Waals surface area contributed by atoms with Crippen LogP contribution in [-0.2, 0) is 4.79 Å². The smallest absolute Gasteiger partial charge is 0.286 e. The van der Waals surface area contributed by atoms with Crippen molar-refractivity contribution < 1.29 is 4.79 Å². The van der Waals surface area contributed by atoms with Crippen LogP contribution >= 0.6 is 35.0 Å². The van der Waals surface area contributed by atoms with Gasteiger partial charge in [-0.05, 0) is 35.5 Å². The number of hydrogen-bond acceptors (Lipinski definition) is 4. The van der Waals surface area contributed by atoms with Crippen LogP contribution < -0.4 is 5.32 Å². The maximum atomic E-state index is 12.0. The summed E-state index contributed by atoms with van der Waals surface area (Å²) in [5.41, 5.74) is 0.772. The van der Waals surface area contributed by atoms with Crippen LogP contribution in [0.15, 0.2) is 28.1 Å². The van der Waals surface area contributed by atoms with E-state index < -0.39 is 0 Å². The summed E-state index contributed by atoms with van der Waals surface area (Å²) < 4.78 is 0. The van der Waals surface area contributed by atoms with Crippen molar-refractivity contribution in [3.8, 4) is 0 Å². The Bertz CT molecular complexity index is 639. The lowest BCUT2D eigenvalue weighted by Crippen LogP contribution is -2.45. The second kappa shape index (κ2) is 6.40. The van der Waals surface area contributed by atoms with Crippen molar-refractivity contribution >= 4 is 52.1 Å². The van der Waals surface area contributed by atoms with E-state index >= 15 is 0 Å². The average molecular weight is 342 g/mol.